The van der Waals surface area contributed by atoms with Crippen LogP contribution in [0, 0.1) is 5.92 Å². The van der Waals surface area contributed by atoms with Gasteiger partial charge in [0.25, 0.3) is 0 Å². The Bertz CT molecular complexity index is 327. The van der Waals surface area contributed by atoms with Gasteiger partial charge in [-0.15, -0.1) is 6.22 Å². The summed E-state index contributed by atoms with van der Waals surface area (Å²) in [6.07, 6.45) is 4.95. The molecule has 1 fully saturated rings. The summed E-state index contributed by atoms with van der Waals surface area (Å²) in [7, 11) is 4.84. The van der Waals surface area contributed by atoms with Crippen molar-refractivity contribution in [3.05, 3.63) is 35.4 Å². The van der Waals surface area contributed by atoms with Crippen molar-refractivity contribution in [3.63, 3.8) is 0 Å². The van der Waals surface area contributed by atoms with Gasteiger partial charge in [0, 0.05) is 0 Å². The van der Waals surface area contributed by atoms with Gasteiger partial charge in [-0.25, -0.2) is 0 Å². The van der Waals surface area contributed by atoms with Gasteiger partial charge in [0.2, 0.25) is 0 Å². The lowest BCUT2D eigenvalue weighted by Crippen LogP contribution is -2.17. The normalized spacial score (nSPS) is 20.3. The Hall–Kier alpha value is -0.650. The van der Waals surface area contributed by atoms with E-state index in [4.69, 9.17) is 0 Å². The maximum absolute atomic E-state index is 2.46. The molecule has 0 N–H and O–H groups in total. The molecule has 1 aliphatic heterocycles. The molecule has 2 radical (unpaired) electrons. The minimum atomic E-state index is 0.692. The van der Waals surface area contributed by atoms with Crippen LogP contribution in [0.2, 0.25) is 12.5 Å². The molecule has 16 heavy (non-hydrogen) atoms. The smallest absolute Gasteiger partial charge is 0.106 e. The zero-order valence-electron chi connectivity index (χ0n) is 10.4. The molecule has 0 bridgehead atoms. The largest absolute Gasteiger partial charge is 0.111 e. The van der Waals surface area contributed by atoms with E-state index in [9.17, 15) is 0 Å². The van der Waals surface area contributed by atoms with Crippen LogP contribution in [0.25, 0.3) is 0 Å². The molecule has 2 rings (SSSR count). The Morgan fingerprint density at radius 3 is 2.94 bits per heavy atom. The van der Waals surface area contributed by atoms with Crippen LogP contribution in [-0.2, 0) is 6.42 Å². The molecular formula is C14H20B2. The lowest BCUT2D eigenvalue weighted by molar-refractivity contribution is 0.646. The molecule has 1 atom stereocenters. The summed E-state index contributed by atoms with van der Waals surface area (Å²) in [6, 6.07) is 9.18. The van der Waals surface area contributed by atoms with E-state index in [0.717, 1.165) is 5.92 Å². The van der Waals surface area contributed by atoms with E-state index < -0.39 is 0 Å². The van der Waals surface area contributed by atoms with Crippen LogP contribution in [-0.4, -0.2) is 14.6 Å². The lowest BCUT2D eigenvalue weighted by Gasteiger charge is -2.21. The van der Waals surface area contributed by atoms with Crippen molar-refractivity contribution in [2.75, 3.05) is 0 Å². The summed E-state index contributed by atoms with van der Waals surface area (Å²) in [5.41, 5.74) is 3.02. The number of rotatable bonds is 3. The topological polar surface area (TPSA) is 0 Å². The molecule has 1 heterocycles. The van der Waals surface area contributed by atoms with Crippen molar-refractivity contribution in [3.8, 4) is 0 Å². The van der Waals surface area contributed by atoms with Gasteiger partial charge < -0.3 is 0 Å². The van der Waals surface area contributed by atoms with Gasteiger partial charge in [-0.05, 0) is 23.7 Å². The zero-order chi connectivity index (χ0) is 11.4. The van der Waals surface area contributed by atoms with Crippen molar-refractivity contribution in [2.24, 2.45) is 5.92 Å². The van der Waals surface area contributed by atoms with Gasteiger partial charge in [-0.3, -0.25) is 0 Å². The summed E-state index contributed by atoms with van der Waals surface area (Å²) in [5, 5.41) is 0. The zero-order valence-corrected chi connectivity index (χ0v) is 10.4. The van der Waals surface area contributed by atoms with Crippen LogP contribution in [0.3, 0.4) is 0 Å². The Labute approximate surface area is 101 Å². The monoisotopic (exact) mass is 210 g/mol. The molecule has 0 aromatic heterocycles. The molecule has 0 amide bonds. The SMILES string of the molecule is CC(C)Cc1cccc(C2[B]C[B]CC2)c1. The third-order valence-electron chi connectivity index (χ3n) is 3.29. The van der Waals surface area contributed by atoms with E-state index in [1.54, 1.807) is 0 Å². The van der Waals surface area contributed by atoms with Crippen molar-refractivity contribution in [1.82, 2.24) is 0 Å². The van der Waals surface area contributed by atoms with Crippen LogP contribution >= 0.6 is 0 Å². The molecular weight excluding hydrogens is 190 g/mol. The van der Waals surface area contributed by atoms with Gasteiger partial charge in [0.1, 0.15) is 14.6 Å². The van der Waals surface area contributed by atoms with Gasteiger partial charge >= 0.3 is 0 Å². The second-order valence-electron chi connectivity index (χ2n) is 5.29. The first-order valence-corrected chi connectivity index (χ1v) is 6.49. The van der Waals surface area contributed by atoms with Crippen molar-refractivity contribution in [2.45, 2.75) is 45.0 Å². The van der Waals surface area contributed by atoms with Gasteiger partial charge in [0.05, 0.1) is 0 Å². The number of hydrogen-bond acceptors (Lipinski definition) is 0. The highest BCUT2D eigenvalue weighted by atomic mass is 14.1. The van der Waals surface area contributed by atoms with E-state index >= 15 is 0 Å². The molecule has 1 saturated heterocycles. The van der Waals surface area contributed by atoms with E-state index in [1.165, 1.54) is 36.5 Å². The molecule has 1 unspecified atom stereocenters. The Morgan fingerprint density at radius 2 is 2.25 bits per heavy atom. The van der Waals surface area contributed by atoms with E-state index in [1.807, 2.05) is 0 Å². The lowest BCUT2D eigenvalue weighted by atomic mass is 9.40. The summed E-state index contributed by atoms with van der Waals surface area (Å²) in [6.45, 7) is 4.57. The van der Waals surface area contributed by atoms with E-state index in [2.05, 4.69) is 52.7 Å². The quantitative estimate of drug-likeness (QED) is 0.669. The average molecular weight is 210 g/mol. The summed E-state index contributed by atoms with van der Waals surface area (Å²) in [4.78, 5) is 0. The predicted octanol–water partition coefficient (Wildman–Crippen LogP) is 3.53. The fourth-order valence-electron chi connectivity index (χ4n) is 2.52. The fourth-order valence-corrected chi connectivity index (χ4v) is 2.52. The predicted molar refractivity (Wildman–Crippen MR) is 73.5 cm³/mol. The minimum Gasteiger partial charge on any atom is -0.106 e. The minimum absolute atomic E-state index is 0.692. The molecule has 0 saturated carbocycles. The summed E-state index contributed by atoms with van der Waals surface area (Å²) < 4.78 is 0. The molecule has 2 heteroatoms. The molecule has 82 valence electrons. The van der Waals surface area contributed by atoms with E-state index in [-0.39, 0.29) is 0 Å². The highest BCUT2D eigenvalue weighted by Gasteiger charge is 2.16. The second-order valence-corrected chi connectivity index (χ2v) is 5.29. The van der Waals surface area contributed by atoms with E-state index in [0.29, 0.717) is 5.82 Å². The maximum Gasteiger partial charge on any atom is 0.111 e. The Kier molecular flexibility index (Phi) is 4.15. The highest BCUT2D eigenvalue weighted by Crippen LogP contribution is 2.26. The summed E-state index contributed by atoms with van der Waals surface area (Å²) in [5.74, 6) is 1.44. The molecule has 0 spiro atoms. The molecule has 0 nitrogen and oxygen atoms in total. The van der Waals surface area contributed by atoms with Gasteiger partial charge in [-0.2, -0.15) is 0 Å². The standard InChI is InChI=1S/C14H20B2/c1-11(2)8-12-4-3-5-13(9-12)14-6-7-15-10-16-14/h3-5,9,11,14H,6-8,10H2,1-2H3. The van der Waals surface area contributed by atoms with Crippen LogP contribution in [0.1, 0.15) is 37.2 Å². The Balaban J connectivity index is 2.08. The molecule has 1 aromatic carbocycles. The maximum atomic E-state index is 2.46. The highest BCUT2D eigenvalue weighted by molar-refractivity contribution is 6.58. The third kappa shape index (κ3) is 3.17. The first-order chi connectivity index (χ1) is 7.75. The second kappa shape index (κ2) is 5.61. The molecule has 1 aromatic rings. The molecule has 0 aliphatic carbocycles. The first kappa shape index (κ1) is 11.8. The number of benzene rings is 1. The van der Waals surface area contributed by atoms with Crippen LogP contribution in [0.5, 0.6) is 0 Å². The summed E-state index contributed by atoms with van der Waals surface area (Å²) >= 11 is 0. The van der Waals surface area contributed by atoms with Crippen LogP contribution in [0.4, 0.5) is 0 Å². The van der Waals surface area contributed by atoms with Gasteiger partial charge in [0.15, 0.2) is 0 Å². The fraction of sp³-hybridized carbons (Fsp3) is 0.571. The van der Waals surface area contributed by atoms with Crippen LogP contribution in [0.15, 0.2) is 24.3 Å². The average Bonchev–Trinajstić information content (AvgIpc) is 2.30. The van der Waals surface area contributed by atoms with Crippen molar-refractivity contribution < 1.29 is 0 Å². The van der Waals surface area contributed by atoms with Crippen LogP contribution < -0.4 is 0 Å². The number of hydrogen-bond donors (Lipinski definition) is 0. The first-order valence-electron chi connectivity index (χ1n) is 6.49. The Morgan fingerprint density at radius 1 is 1.38 bits per heavy atom. The third-order valence-corrected chi connectivity index (χ3v) is 3.29. The van der Waals surface area contributed by atoms with Crippen molar-refractivity contribution in [1.29, 1.82) is 0 Å². The van der Waals surface area contributed by atoms with Gasteiger partial charge in [-0.1, -0.05) is 56.4 Å². The molecule has 1 aliphatic rings. The van der Waals surface area contributed by atoms with Crippen molar-refractivity contribution >= 4 is 14.6 Å².